The Morgan fingerprint density at radius 3 is 2.56 bits per heavy atom. The number of hydrogen-bond acceptors (Lipinski definition) is 3. The Hall–Kier alpha value is -0.880. The van der Waals surface area contributed by atoms with Crippen LogP contribution in [0.4, 0.5) is 0 Å². The molecule has 0 aromatic rings. The highest BCUT2D eigenvalue weighted by Crippen LogP contribution is 2.16. The first-order valence-corrected chi connectivity index (χ1v) is 2.64. The normalized spacial score (nSPS) is 15.7. The summed E-state index contributed by atoms with van der Waals surface area (Å²) in [5.74, 6) is 0. The second-order valence-corrected chi connectivity index (χ2v) is 2.20. The predicted molar refractivity (Wildman–Crippen MR) is 31.5 cm³/mol. The third-order valence-electron chi connectivity index (χ3n) is 1.15. The molecule has 0 aliphatic rings. The van der Waals surface area contributed by atoms with E-state index in [4.69, 9.17) is 10.4 Å². The molecule has 0 fully saturated rings. The molecule has 0 spiro atoms. The van der Waals surface area contributed by atoms with Crippen molar-refractivity contribution in [1.82, 2.24) is 0 Å². The van der Waals surface area contributed by atoms with Gasteiger partial charge in [-0.1, -0.05) is 0 Å². The second kappa shape index (κ2) is 3.21. The maximum absolute atomic E-state index is 9.88. The molecule has 3 heteroatoms. The number of hydrogen-bond donors (Lipinski definition) is 1. The Labute approximate surface area is 53.9 Å². The molecule has 0 aliphatic carbocycles. The van der Waals surface area contributed by atoms with Crippen LogP contribution in [0.15, 0.2) is 0 Å². The van der Waals surface area contributed by atoms with Gasteiger partial charge >= 0.3 is 0 Å². The van der Waals surface area contributed by atoms with E-state index >= 15 is 0 Å². The summed E-state index contributed by atoms with van der Waals surface area (Å²) in [7, 11) is 0. The van der Waals surface area contributed by atoms with Crippen LogP contribution in [-0.4, -0.2) is 18.0 Å². The van der Waals surface area contributed by atoms with Crippen LogP contribution in [0.25, 0.3) is 0 Å². The van der Waals surface area contributed by atoms with E-state index in [1.54, 1.807) is 6.92 Å². The quantitative estimate of drug-likeness (QED) is 0.547. The van der Waals surface area contributed by atoms with Crippen LogP contribution in [0.3, 0.4) is 0 Å². The van der Waals surface area contributed by atoms with Gasteiger partial charge in [0, 0.05) is 6.42 Å². The van der Waals surface area contributed by atoms with E-state index in [2.05, 4.69) is 0 Å². The van der Waals surface area contributed by atoms with E-state index in [-0.39, 0.29) is 13.0 Å². The minimum absolute atomic E-state index is 0.0972. The number of aldehydes is 1. The van der Waals surface area contributed by atoms with Crippen LogP contribution < -0.4 is 0 Å². The molecule has 0 aromatic carbocycles. The van der Waals surface area contributed by atoms with Gasteiger partial charge in [-0.15, -0.1) is 0 Å². The third-order valence-corrected chi connectivity index (χ3v) is 1.15. The fraction of sp³-hybridized carbons (Fsp3) is 0.667. The fourth-order valence-electron chi connectivity index (χ4n) is 0.329. The predicted octanol–water partition coefficient (Wildman–Crippen LogP) is 0.0976. The van der Waals surface area contributed by atoms with Gasteiger partial charge in [-0.05, 0) is 6.92 Å². The lowest BCUT2D eigenvalue weighted by Gasteiger charge is -2.12. The first kappa shape index (κ1) is 8.12. The van der Waals surface area contributed by atoms with Gasteiger partial charge in [-0.2, -0.15) is 5.26 Å². The Bertz CT molecular complexity index is 138. The van der Waals surface area contributed by atoms with Crippen molar-refractivity contribution >= 4 is 6.29 Å². The molecule has 0 amide bonds. The van der Waals surface area contributed by atoms with E-state index in [0.717, 1.165) is 0 Å². The molecule has 0 heterocycles. The molecule has 50 valence electrons. The van der Waals surface area contributed by atoms with Crippen LogP contribution in [0.5, 0.6) is 0 Å². The maximum Gasteiger partial charge on any atom is 0.121 e. The van der Waals surface area contributed by atoms with Crippen molar-refractivity contribution < 1.29 is 9.90 Å². The summed E-state index contributed by atoms with van der Waals surface area (Å²) in [6, 6.07) is 1.85. The average Bonchev–Trinajstić information content (AvgIpc) is 1.89. The summed E-state index contributed by atoms with van der Waals surface area (Å²) in [5.41, 5.74) is -0.873. The van der Waals surface area contributed by atoms with E-state index in [1.807, 2.05) is 6.07 Å². The number of carbonyl (C=O) groups excluding carboxylic acids is 1. The van der Waals surface area contributed by atoms with E-state index < -0.39 is 5.41 Å². The van der Waals surface area contributed by atoms with Gasteiger partial charge in [0.05, 0.1) is 18.1 Å². The number of nitriles is 1. The lowest BCUT2D eigenvalue weighted by molar-refractivity contribution is -0.109. The van der Waals surface area contributed by atoms with Gasteiger partial charge < -0.3 is 9.90 Å². The van der Waals surface area contributed by atoms with Crippen molar-refractivity contribution in [3.63, 3.8) is 0 Å². The molecular formula is C6H9NO2. The Morgan fingerprint density at radius 1 is 1.89 bits per heavy atom. The van der Waals surface area contributed by atoms with Crippen molar-refractivity contribution in [2.75, 3.05) is 6.61 Å². The minimum Gasteiger partial charge on any atom is -0.395 e. The lowest BCUT2D eigenvalue weighted by Crippen LogP contribution is -2.18. The van der Waals surface area contributed by atoms with Gasteiger partial charge in [0.25, 0.3) is 0 Å². The molecule has 0 aliphatic heterocycles. The molecule has 0 aromatic heterocycles. The van der Waals surface area contributed by atoms with Gasteiger partial charge in [-0.3, -0.25) is 0 Å². The first-order valence-electron chi connectivity index (χ1n) is 2.64. The van der Waals surface area contributed by atoms with Gasteiger partial charge in [0.2, 0.25) is 0 Å². The standard InChI is InChI=1S/C6H9NO2/c1-6(4-7,5-9)2-3-8/h3,9H,2,5H2,1H3/t6-/m0/s1. The topological polar surface area (TPSA) is 61.1 Å². The molecular weight excluding hydrogens is 118 g/mol. The Kier molecular flexibility index (Phi) is 2.89. The number of rotatable bonds is 3. The molecule has 0 radical (unpaired) electrons. The van der Waals surface area contributed by atoms with Crippen LogP contribution in [0.1, 0.15) is 13.3 Å². The molecule has 0 saturated carbocycles. The second-order valence-electron chi connectivity index (χ2n) is 2.20. The summed E-state index contributed by atoms with van der Waals surface area (Å²) in [5, 5.41) is 16.9. The zero-order valence-electron chi connectivity index (χ0n) is 5.29. The summed E-state index contributed by atoms with van der Waals surface area (Å²) >= 11 is 0. The SMILES string of the molecule is C[C@](C#N)(CO)CC=O. The molecule has 1 atom stereocenters. The summed E-state index contributed by atoms with van der Waals surface area (Å²) < 4.78 is 0. The number of carbonyl (C=O) groups is 1. The summed E-state index contributed by atoms with van der Waals surface area (Å²) in [4.78, 5) is 9.88. The molecule has 0 unspecified atom stereocenters. The van der Waals surface area contributed by atoms with Gasteiger partial charge in [0.1, 0.15) is 6.29 Å². The Morgan fingerprint density at radius 2 is 2.44 bits per heavy atom. The molecule has 0 saturated heterocycles. The first-order chi connectivity index (χ1) is 4.18. The average molecular weight is 127 g/mol. The number of aliphatic hydroxyl groups excluding tert-OH is 1. The highest BCUT2D eigenvalue weighted by molar-refractivity contribution is 5.51. The monoisotopic (exact) mass is 127 g/mol. The van der Waals surface area contributed by atoms with Crippen molar-refractivity contribution in [3.8, 4) is 6.07 Å². The highest BCUT2D eigenvalue weighted by atomic mass is 16.3. The summed E-state index contributed by atoms with van der Waals surface area (Å²) in [6.45, 7) is 1.28. The van der Waals surface area contributed by atoms with Gasteiger partial charge in [0.15, 0.2) is 0 Å². The Balaban J connectivity index is 3.96. The van der Waals surface area contributed by atoms with Crippen molar-refractivity contribution in [1.29, 1.82) is 5.26 Å². The van der Waals surface area contributed by atoms with Crippen molar-refractivity contribution in [2.24, 2.45) is 5.41 Å². The molecule has 9 heavy (non-hydrogen) atoms. The number of aliphatic hydroxyl groups is 1. The van der Waals surface area contributed by atoms with Crippen LogP contribution in [0.2, 0.25) is 0 Å². The smallest absolute Gasteiger partial charge is 0.121 e. The van der Waals surface area contributed by atoms with E-state index in [0.29, 0.717) is 6.29 Å². The van der Waals surface area contributed by atoms with Crippen molar-refractivity contribution in [2.45, 2.75) is 13.3 Å². The van der Waals surface area contributed by atoms with Gasteiger partial charge in [-0.25, -0.2) is 0 Å². The molecule has 3 nitrogen and oxygen atoms in total. The largest absolute Gasteiger partial charge is 0.395 e. The minimum atomic E-state index is -0.873. The molecule has 0 rings (SSSR count). The molecule has 0 bridgehead atoms. The molecule has 1 N–H and O–H groups in total. The van der Waals surface area contributed by atoms with Crippen LogP contribution in [-0.2, 0) is 4.79 Å². The number of nitrogens with zero attached hydrogens (tertiary/aromatic N) is 1. The third kappa shape index (κ3) is 2.24. The van der Waals surface area contributed by atoms with Crippen LogP contribution >= 0.6 is 0 Å². The van der Waals surface area contributed by atoms with E-state index in [1.165, 1.54) is 0 Å². The zero-order valence-corrected chi connectivity index (χ0v) is 5.29. The highest BCUT2D eigenvalue weighted by Gasteiger charge is 2.21. The summed E-state index contributed by atoms with van der Waals surface area (Å²) in [6.07, 6.45) is 0.736. The maximum atomic E-state index is 9.88. The fourth-order valence-corrected chi connectivity index (χ4v) is 0.329. The lowest BCUT2D eigenvalue weighted by atomic mass is 9.91. The van der Waals surface area contributed by atoms with Crippen molar-refractivity contribution in [3.05, 3.63) is 0 Å². The zero-order chi connectivity index (χ0) is 7.33. The van der Waals surface area contributed by atoms with Crippen LogP contribution in [0, 0.1) is 16.7 Å². The van der Waals surface area contributed by atoms with E-state index in [9.17, 15) is 4.79 Å².